The summed E-state index contributed by atoms with van der Waals surface area (Å²) < 4.78 is 6.90. The van der Waals surface area contributed by atoms with Crippen LogP contribution < -0.4 is 10.6 Å². The number of nitrogens with zero attached hydrogens (tertiary/aromatic N) is 1. The lowest BCUT2D eigenvalue weighted by molar-refractivity contribution is -0.123. The van der Waals surface area contributed by atoms with Crippen molar-refractivity contribution in [3.63, 3.8) is 0 Å². The second-order valence-electron chi connectivity index (χ2n) is 8.69. The van der Waals surface area contributed by atoms with Crippen LogP contribution in [0.25, 0.3) is 11.0 Å². The fourth-order valence-corrected chi connectivity index (χ4v) is 5.02. The van der Waals surface area contributed by atoms with Crippen LogP contribution in [0.5, 0.6) is 0 Å². The lowest BCUT2D eigenvalue weighted by atomic mass is 9.95. The Balaban J connectivity index is 1.57. The molecule has 2 heterocycles. The molecule has 0 aliphatic rings. The van der Waals surface area contributed by atoms with Crippen molar-refractivity contribution in [1.29, 1.82) is 0 Å². The molecule has 0 unspecified atom stereocenters. The van der Waals surface area contributed by atoms with Gasteiger partial charge in [0.25, 0.3) is 5.91 Å². The Labute approximate surface area is 200 Å². The Morgan fingerprint density at radius 2 is 1.79 bits per heavy atom. The number of hydrogen-bond acceptors (Lipinski definition) is 6. The number of hydrogen-bond donors (Lipinski definition) is 2. The van der Waals surface area contributed by atoms with Crippen molar-refractivity contribution >= 4 is 57.3 Å². The number of rotatable bonds is 6. The maximum atomic E-state index is 13.2. The first-order valence-electron chi connectivity index (χ1n) is 10.5. The number of carbonyl (C=O) groups excluding carboxylic acids is 2. The lowest BCUT2D eigenvalue weighted by Gasteiger charge is -2.18. The molecule has 33 heavy (non-hydrogen) atoms. The Kier molecular flexibility index (Phi) is 6.58. The number of thioether (sulfide) groups is 1. The molecule has 4 rings (SSSR count). The summed E-state index contributed by atoms with van der Waals surface area (Å²) in [4.78, 5) is 30.0. The first-order valence-corrected chi connectivity index (χ1v) is 12.4. The fraction of sp³-hybridized carbons (Fsp3) is 0.240. The van der Waals surface area contributed by atoms with E-state index in [0.29, 0.717) is 22.7 Å². The van der Waals surface area contributed by atoms with Crippen molar-refractivity contribution in [3.05, 3.63) is 70.9 Å². The van der Waals surface area contributed by atoms with Crippen LogP contribution in [-0.4, -0.2) is 16.8 Å². The van der Waals surface area contributed by atoms with E-state index in [-0.39, 0.29) is 17.6 Å². The molecule has 2 aromatic heterocycles. The van der Waals surface area contributed by atoms with Gasteiger partial charge in [-0.1, -0.05) is 56.8 Å². The monoisotopic (exact) mass is 479 g/mol. The quantitative estimate of drug-likeness (QED) is 0.300. The summed E-state index contributed by atoms with van der Waals surface area (Å²) in [5.41, 5.74) is 3.15. The molecule has 4 aromatic rings. The summed E-state index contributed by atoms with van der Waals surface area (Å²) in [6.07, 6.45) is 0. The third kappa shape index (κ3) is 5.46. The van der Waals surface area contributed by atoms with Crippen molar-refractivity contribution < 1.29 is 14.0 Å². The maximum absolute atomic E-state index is 13.2. The van der Waals surface area contributed by atoms with Crippen molar-refractivity contribution in [1.82, 2.24) is 4.98 Å². The first kappa shape index (κ1) is 23.1. The molecule has 170 valence electrons. The molecule has 0 atom stereocenters. The van der Waals surface area contributed by atoms with E-state index in [1.165, 1.54) is 0 Å². The van der Waals surface area contributed by atoms with Crippen LogP contribution in [0.15, 0.2) is 62.7 Å². The van der Waals surface area contributed by atoms with E-state index in [2.05, 4.69) is 15.6 Å². The van der Waals surface area contributed by atoms with E-state index in [9.17, 15) is 9.59 Å². The standard InChI is InChI=1S/C25H25N3O3S2/c1-15-13-32-24(26-15)33-14-19-18-10-5-6-11-20(18)31-21(19)22(29)27-16-8-7-9-17(12-16)28-23(30)25(2,3)4/h5-13H,14H2,1-4H3,(H,27,29)(H,28,30). The minimum Gasteiger partial charge on any atom is -0.451 e. The number of benzene rings is 2. The highest BCUT2D eigenvalue weighted by molar-refractivity contribution is 8.00. The number of aromatic nitrogens is 1. The molecular formula is C25H25N3O3S2. The summed E-state index contributed by atoms with van der Waals surface area (Å²) in [5, 5.41) is 8.71. The summed E-state index contributed by atoms with van der Waals surface area (Å²) in [6, 6.07) is 14.7. The van der Waals surface area contributed by atoms with Crippen LogP contribution in [0.3, 0.4) is 0 Å². The van der Waals surface area contributed by atoms with E-state index in [1.54, 1.807) is 47.4 Å². The van der Waals surface area contributed by atoms with Crippen molar-refractivity contribution in [3.8, 4) is 0 Å². The zero-order valence-electron chi connectivity index (χ0n) is 18.9. The van der Waals surface area contributed by atoms with Gasteiger partial charge in [0.15, 0.2) is 5.76 Å². The van der Waals surface area contributed by atoms with Gasteiger partial charge in [0.05, 0.1) is 0 Å². The van der Waals surface area contributed by atoms with E-state index in [0.717, 1.165) is 21.0 Å². The smallest absolute Gasteiger partial charge is 0.291 e. The topological polar surface area (TPSA) is 84.2 Å². The molecule has 6 nitrogen and oxygen atoms in total. The summed E-state index contributed by atoms with van der Waals surface area (Å²) in [5.74, 6) is 0.409. The highest BCUT2D eigenvalue weighted by Crippen LogP contribution is 2.33. The lowest BCUT2D eigenvalue weighted by Crippen LogP contribution is -2.27. The number of carbonyl (C=O) groups is 2. The van der Waals surface area contributed by atoms with Crippen LogP contribution in [0.2, 0.25) is 0 Å². The van der Waals surface area contributed by atoms with Crippen molar-refractivity contribution in [2.45, 2.75) is 37.8 Å². The summed E-state index contributed by atoms with van der Waals surface area (Å²) >= 11 is 3.17. The van der Waals surface area contributed by atoms with E-state index in [1.807, 2.05) is 57.3 Å². The van der Waals surface area contributed by atoms with Gasteiger partial charge >= 0.3 is 0 Å². The molecule has 0 saturated carbocycles. The van der Waals surface area contributed by atoms with E-state index in [4.69, 9.17) is 4.42 Å². The third-order valence-corrected chi connectivity index (χ3v) is 7.07. The van der Waals surface area contributed by atoms with Gasteiger partial charge in [0.1, 0.15) is 9.92 Å². The third-order valence-electron chi connectivity index (χ3n) is 4.90. The minimum absolute atomic E-state index is 0.0972. The SMILES string of the molecule is Cc1csc(SCc2c(C(=O)Nc3cccc(NC(=O)C(C)(C)C)c3)oc3ccccc23)n1. The summed E-state index contributed by atoms with van der Waals surface area (Å²) in [6.45, 7) is 7.51. The van der Waals surface area contributed by atoms with Gasteiger partial charge in [-0.05, 0) is 31.2 Å². The number of aryl methyl sites for hydroxylation is 1. The normalized spacial score (nSPS) is 11.5. The fourth-order valence-electron chi connectivity index (χ4n) is 3.14. The number of fused-ring (bicyclic) bond motifs is 1. The second kappa shape index (κ2) is 9.41. The highest BCUT2D eigenvalue weighted by Gasteiger charge is 2.23. The van der Waals surface area contributed by atoms with Crippen LogP contribution >= 0.6 is 23.1 Å². The minimum atomic E-state index is -0.518. The number of thiazole rings is 1. The van der Waals surface area contributed by atoms with Crippen LogP contribution in [0, 0.1) is 12.3 Å². The number of anilines is 2. The number of furan rings is 1. The maximum Gasteiger partial charge on any atom is 0.291 e. The summed E-state index contributed by atoms with van der Waals surface area (Å²) in [7, 11) is 0. The molecule has 0 aliphatic heterocycles. The predicted molar refractivity (Wildman–Crippen MR) is 135 cm³/mol. The van der Waals surface area contributed by atoms with Crippen molar-refractivity contribution in [2.24, 2.45) is 5.41 Å². The largest absolute Gasteiger partial charge is 0.451 e. The highest BCUT2D eigenvalue weighted by atomic mass is 32.2. The zero-order valence-corrected chi connectivity index (χ0v) is 20.5. The van der Waals surface area contributed by atoms with E-state index < -0.39 is 5.41 Å². The zero-order chi connectivity index (χ0) is 23.6. The molecule has 0 radical (unpaired) electrons. The molecule has 2 amide bonds. The average molecular weight is 480 g/mol. The molecule has 8 heteroatoms. The molecule has 0 saturated heterocycles. The second-order valence-corrected chi connectivity index (χ2v) is 10.8. The van der Waals surface area contributed by atoms with Crippen molar-refractivity contribution in [2.75, 3.05) is 10.6 Å². The number of amides is 2. The number of nitrogens with one attached hydrogen (secondary N) is 2. The van der Waals surface area contributed by atoms with Gasteiger partial charge in [-0.25, -0.2) is 4.98 Å². The Hall–Kier alpha value is -3.10. The molecule has 0 aliphatic carbocycles. The molecule has 0 bridgehead atoms. The van der Waals surface area contributed by atoms with Gasteiger partial charge in [-0.15, -0.1) is 11.3 Å². The van der Waals surface area contributed by atoms with Gasteiger partial charge in [0.2, 0.25) is 5.91 Å². The Bertz CT molecular complexity index is 1320. The predicted octanol–water partition coefficient (Wildman–Crippen LogP) is 6.73. The van der Waals surface area contributed by atoms with Gasteiger partial charge in [-0.3, -0.25) is 9.59 Å². The molecule has 2 N–H and O–H groups in total. The number of para-hydroxylation sites is 1. The van der Waals surface area contributed by atoms with Gasteiger partial charge in [-0.2, -0.15) is 0 Å². The van der Waals surface area contributed by atoms with Crippen LogP contribution in [0.4, 0.5) is 11.4 Å². The first-order chi connectivity index (χ1) is 15.7. The molecular weight excluding hydrogens is 454 g/mol. The van der Waals surface area contributed by atoms with E-state index >= 15 is 0 Å². The molecule has 2 aromatic carbocycles. The average Bonchev–Trinajstić information content (AvgIpc) is 3.35. The van der Waals surface area contributed by atoms with Crippen LogP contribution in [-0.2, 0) is 10.5 Å². The Morgan fingerprint density at radius 1 is 1.06 bits per heavy atom. The van der Waals surface area contributed by atoms with Gasteiger partial charge < -0.3 is 15.1 Å². The molecule has 0 fully saturated rings. The molecule has 0 spiro atoms. The van der Waals surface area contributed by atoms with Gasteiger partial charge in [0, 0.05) is 44.6 Å². The van der Waals surface area contributed by atoms with Crippen LogP contribution in [0.1, 0.15) is 42.6 Å². The Morgan fingerprint density at radius 3 is 2.48 bits per heavy atom.